The van der Waals surface area contributed by atoms with Gasteiger partial charge in [0.05, 0.1) is 17.3 Å². The molecule has 8 nitrogen and oxygen atoms in total. The predicted molar refractivity (Wildman–Crippen MR) is 108 cm³/mol. The second-order valence-electron chi connectivity index (χ2n) is 6.31. The van der Waals surface area contributed by atoms with Crippen molar-refractivity contribution in [2.45, 2.75) is 34.7 Å². The number of aliphatic hydroxyl groups is 3. The number of benzene rings is 1. The smallest absolute Gasteiger partial charge is 0.145 e. The number of aliphatic hydroxyl groups excluding tert-OH is 3. The van der Waals surface area contributed by atoms with Gasteiger partial charge < -0.3 is 20.1 Å². The summed E-state index contributed by atoms with van der Waals surface area (Å²) in [4.78, 5) is 4.82. The lowest BCUT2D eigenvalue weighted by atomic mass is 9.97. The zero-order valence-electron chi connectivity index (χ0n) is 14.7. The highest BCUT2D eigenvalue weighted by atomic mass is 79.9. The molecule has 5 atom stereocenters. The Balaban J connectivity index is 1.61. The third-order valence-corrected chi connectivity index (χ3v) is 7.01. The summed E-state index contributed by atoms with van der Waals surface area (Å²) in [7, 11) is 0. The summed E-state index contributed by atoms with van der Waals surface area (Å²) in [6.07, 6.45) is -0.0827. The van der Waals surface area contributed by atoms with Crippen LogP contribution in [0.4, 0.5) is 4.39 Å². The number of rotatable bonds is 5. The second kappa shape index (κ2) is 8.76. The topological polar surface area (TPSA) is 114 Å². The number of aromatic nitrogens is 4. The van der Waals surface area contributed by atoms with Crippen molar-refractivity contribution >= 4 is 39.0 Å². The second-order valence-corrected chi connectivity index (χ2v) is 9.23. The van der Waals surface area contributed by atoms with Gasteiger partial charge in [-0.25, -0.2) is 14.1 Å². The molecule has 1 aromatic carbocycles. The summed E-state index contributed by atoms with van der Waals surface area (Å²) in [6, 6.07) is 3.53. The first kappa shape index (κ1) is 20.8. The predicted octanol–water partition coefficient (Wildman–Crippen LogP) is 2.08. The molecule has 1 saturated heterocycles. The number of thioether (sulfide) groups is 1. The molecule has 0 amide bonds. The minimum atomic E-state index is -1.21. The highest BCUT2D eigenvalue weighted by molar-refractivity contribution is 9.10. The van der Waals surface area contributed by atoms with Crippen LogP contribution in [0.3, 0.4) is 0 Å². The zero-order chi connectivity index (χ0) is 20.5. The molecule has 3 aromatic rings. The fraction of sp³-hybridized carbons (Fsp3) is 0.353. The number of thiazole rings is 1. The molecule has 12 heteroatoms. The van der Waals surface area contributed by atoms with Crippen LogP contribution in [0.2, 0.25) is 0 Å². The Morgan fingerprint density at radius 1 is 1.31 bits per heavy atom. The fourth-order valence-electron chi connectivity index (χ4n) is 3.03. The van der Waals surface area contributed by atoms with Gasteiger partial charge >= 0.3 is 0 Å². The molecule has 1 aliphatic heterocycles. The summed E-state index contributed by atoms with van der Waals surface area (Å²) in [6.45, 7) is -0.442. The molecule has 0 radical (unpaired) electrons. The number of ether oxygens (including phenoxy) is 1. The van der Waals surface area contributed by atoms with Crippen LogP contribution in [-0.4, -0.2) is 65.7 Å². The van der Waals surface area contributed by atoms with Crippen LogP contribution in [0.25, 0.3) is 10.7 Å². The van der Waals surface area contributed by atoms with Gasteiger partial charge in [-0.1, -0.05) is 17.0 Å². The van der Waals surface area contributed by atoms with Gasteiger partial charge in [0.2, 0.25) is 0 Å². The molecule has 0 aliphatic carbocycles. The Morgan fingerprint density at radius 2 is 2.14 bits per heavy atom. The third kappa shape index (κ3) is 4.24. The van der Waals surface area contributed by atoms with Gasteiger partial charge in [0, 0.05) is 16.5 Å². The number of halogens is 2. The first-order valence-electron chi connectivity index (χ1n) is 8.54. The van der Waals surface area contributed by atoms with Crippen LogP contribution in [0, 0.1) is 5.82 Å². The maximum absolute atomic E-state index is 13.5. The summed E-state index contributed by atoms with van der Waals surface area (Å²) >= 11 is 5.68. The Labute approximate surface area is 181 Å². The molecule has 2 aromatic heterocycles. The zero-order valence-corrected chi connectivity index (χ0v) is 17.9. The van der Waals surface area contributed by atoms with Gasteiger partial charge in [-0.05, 0) is 34.1 Å². The summed E-state index contributed by atoms with van der Waals surface area (Å²) in [5.74, 6) is -0.404. The molecule has 4 rings (SSSR count). The Kier molecular flexibility index (Phi) is 6.30. The quantitative estimate of drug-likeness (QED) is 0.485. The van der Waals surface area contributed by atoms with Crippen molar-refractivity contribution in [1.29, 1.82) is 0 Å². The first-order chi connectivity index (χ1) is 14.0. The van der Waals surface area contributed by atoms with Crippen LogP contribution in [0.5, 0.6) is 0 Å². The molecule has 1 fully saturated rings. The standard InChI is InChI=1S/C17H16BrFN4O4S2/c18-9-5-8(1-2-10(9)19)29-17-15(26)13(14(25)12(7-24)27-17)23-6-11(21-22-23)16-20-3-4-28-16/h1-6,12-15,17,24-26H,7H2. The number of hydrogen-bond donors (Lipinski definition) is 3. The summed E-state index contributed by atoms with van der Waals surface area (Å²) in [5, 5.41) is 41.8. The molecule has 5 unspecified atom stereocenters. The van der Waals surface area contributed by atoms with E-state index in [9.17, 15) is 19.7 Å². The lowest BCUT2D eigenvalue weighted by molar-refractivity contribution is -0.178. The van der Waals surface area contributed by atoms with Crippen LogP contribution in [-0.2, 0) is 4.74 Å². The van der Waals surface area contributed by atoms with Gasteiger partial charge in [0.25, 0.3) is 0 Å². The van der Waals surface area contributed by atoms with Crippen LogP contribution in [0.15, 0.2) is 45.3 Å². The van der Waals surface area contributed by atoms with Crippen molar-refractivity contribution in [2.75, 3.05) is 6.61 Å². The van der Waals surface area contributed by atoms with Gasteiger partial charge in [0.1, 0.15) is 46.3 Å². The molecule has 29 heavy (non-hydrogen) atoms. The highest BCUT2D eigenvalue weighted by Gasteiger charge is 2.46. The largest absolute Gasteiger partial charge is 0.394 e. The minimum Gasteiger partial charge on any atom is -0.394 e. The van der Waals surface area contributed by atoms with E-state index in [0.29, 0.717) is 15.6 Å². The van der Waals surface area contributed by atoms with Crippen LogP contribution >= 0.6 is 39.0 Å². The molecule has 0 bridgehead atoms. The average molecular weight is 503 g/mol. The molecule has 3 heterocycles. The number of nitrogens with zero attached hydrogens (tertiary/aromatic N) is 4. The van der Waals surface area contributed by atoms with Crippen molar-refractivity contribution in [1.82, 2.24) is 20.0 Å². The molecule has 0 spiro atoms. The van der Waals surface area contributed by atoms with Crippen molar-refractivity contribution in [3.63, 3.8) is 0 Å². The highest BCUT2D eigenvalue weighted by Crippen LogP contribution is 2.39. The molecular weight excluding hydrogens is 487 g/mol. The van der Waals surface area contributed by atoms with Crippen LogP contribution in [0.1, 0.15) is 6.04 Å². The lowest BCUT2D eigenvalue weighted by Crippen LogP contribution is -2.55. The van der Waals surface area contributed by atoms with Gasteiger partial charge in [0.15, 0.2) is 0 Å². The molecule has 1 aliphatic rings. The Morgan fingerprint density at radius 3 is 2.83 bits per heavy atom. The molecule has 154 valence electrons. The van der Waals surface area contributed by atoms with Crippen molar-refractivity contribution in [2.24, 2.45) is 0 Å². The van der Waals surface area contributed by atoms with Crippen molar-refractivity contribution < 1.29 is 24.4 Å². The molecular formula is C17H16BrFN4O4S2. The summed E-state index contributed by atoms with van der Waals surface area (Å²) in [5.41, 5.74) is -0.316. The minimum absolute atomic E-state index is 0.285. The van der Waals surface area contributed by atoms with E-state index >= 15 is 0 Å². The monoisotopic (exact) mass is 502 g/mol. The van der Waals surface area contributed by atoms with E-state index in [0.717, 1.165) is 11.8 Å². The van der Waals surface area contributed by atoms with E-state index in [-0.39, 0.29) is 4.47 Å². The van der Waals surface area contributed by atoms with Crippen molar-refractivity contribution in [3.05, 3.63) is 46.3 Å². The maximum atomic E-state index is 13.5. The first-order valence-corrected chi connectivity index (χ1v) is 11.1. The fourth-order valence-corrected chi connectivity index (χ4v) is 5.25. The summed E-state index contributed by atoms with van der Waals surface area (Å²) < 4.78 is 20.8. The SMILES string of the molecule is OCC1OC(Sc2ccc(F)c(Br)c2)C(O)C(n2cc(-c3nccs3)nn2)C1O. The molecule has 0 saturated carbocycles. The van der Waals surface area contributed by atoms with E-state index in [2.05, 4.69) is 31.2 Å². The Bertz CT molecular complexity index is 976. The van der Waals surface area contributed by atoms with Crippen molar-refractivity contribution in [3.8, 4) is 10.7 Å². The van der Waals surface area contributed by atoms with E-state index in [1.54, 1.807) is 24.5 Å². The maximum Gasteiger partial charge on any atom is 0.145 e. The van der Waals surface area contributed by atoms with Gasteiger partial charge in [-0.3, -0.25) is 0 Å². The molecule has 3 N–H and O–H groups in total. The van der Waals surface area contributed by atoms with E-state index in [1.807, 2.05) is 5.38 Å². The van der Waals surface area contributed by atoms with E-state index in [4.69, 9.17) is 4.74 Å². The Hall–Kier alpha value is -1.41. The van der Waals surface area contributed by atoms with E-state index < -0.39 is 42.2 Å². The average Bonchev–Trinajstić information content (AvgIpc) is 3.39. The van der Waals surface area contributed by atoms with Crippen LogP contribution < -0.4 is 0 Å². The van der Waals surface area contributed by atoms with E-state index in [1.165, 1.54) is 22.1 Å². The third-order valence-electron chi connectivity index (χ3n) is 4.46. The van der Waals surface area contributed by atoms with Gasteiger partial charge in [-0.15, -0.1) is 16.4 Å². The lowest BCUT2D eigenvalue weighted by Gasteiger charge is -2.41. The normalized spacial score (nSPS) is 27.3. The van der Waals surface area contributed by atoms with Gasteiger partial charge in [-0.2, -0.15) is 0 Å². The number of hydrogen-bond acceptors (Lipinski definition) is 9.